The molecule has 0 saturated carbocycles. The van der Waals surface area contributed by atoms with E-state index in [2.05, 4.69) is 53.2 Å². The summed E-state index contributed by atoms with van der Waals surface area (Å²) in [5, 5.41) is 28.8. The highest BCUT2D eigenvalue weighted by atomic mass is 32.2. The maximum atomic E-state index is 14.9. The van der Waals surface area contributed by atoms with Crippen LogP contribution in [0.5, 0.6) is 0 Å². The second kappa shape index (κ2) is 35.0. The lowest BCUT2D eigenvalue weighted by Gasteiger charge is -2.33. The highest BCUT2D eigenvalue weighted by Crippen LogP contribution is 2.39. The molecule has 3 aromatic carbocycles. The number of phosphoric ester groups is 1. The summed E-state index contributed by atoms with van der Waals surface area (Å²) >= 11 is 1.81. The van der Waals surface area contributed by atoms with Gasteiger partial charge in [0.15, 0.2) is 0 Å². The number of carbonyl (C=O) groups excluding carboxylic acids is 12. The fraction of sp³-hybridized carbons (Fsp3) is 0.562. The number of primary amides is 2. The molecule has 12 atom stereocenters. The lowest BCUT2D eigenvalue weighted by atomic mass is 9.86. The van der Waals surface area contributed by atoms with Gasteiger partial charge in [0.05, 0.1) is 18.2 Å². The molecular formula is C64H92N13O16PS. The molecule has 0 unspecified atom stereocenters. The van der Waals surface area contributed by atoms with Crippen molar-refractivity contribution in [2.45, 2.75) is 209 Å². The molecule has 3 fully saturated rings. The SMILES string of the molecule is CC(=O)N[C@@H](CCCCNC(=O)CCCC[C@@H]1SC[C@@H]2NC(=O)N[C@@H]21)C(=O)N[C@@H](C)C(=O)N[C@@H](C)C(=O)N[C@@H](Cc1ccc(C(C)(C)C)cc1)C(=O)N[C@H](C(=O)N1CCC[C@H]1C(=O)N[C@@H](Cc1ccc2ccccc2c1)C(=O)N[C@@H](CCC(N)=O)C(N)=O)[C@@H](C)OP(=O)(O)O. The molecule has 16 N–H and O–H groups in total. The quantitative estimate of drug-likeness (QED) is 0.0218. The summed E-state index contributed by atoms with van der Waals surface area (Å²) in [5.41, 5.74) is 12.6. The molecule has 0 aromatic heterocycles. The van der Waals surface area contributed by atoms with E-state index in [4.69, 9.17) is 16.0 Å². The van der Waals surface area contributed by atoms with Crippen LogP contribution in [0.2, 0.25) is 0 Å². The Kier molecular flexibility index (Phi) is 27.9. The first-order valence-corrected chi connectivity index (χ1v) is 34.6. The number of urea groups is 1. The van der Waals surface area contributed by atoms with Gasteiger partial charge in [-0.1, -0.05) is 93.9 Å². The zero-order chi connectivity index (χ0) is 69.9. The summed E-state index contributed by atoms with van der Waals surface area (Å²) in [7, 11) is -5.41. The van der Waals surface area contributed by atoms with Gasteiger partial charge in [-0.25, -0.2) is 9.36 Å². The van der Waals surface area contributed by atoms with Gasteiger partial charge in [-0.3, -0.25) is 57.3 Å². The molecule has 0 radical (unpaired) electrons. The van der Waals surface area contributed by atoms with Crippen molar-refractivity contribution in [2.24, 2.45) is 11.5 Å². The Balaban J connectivity index is 1.11. The molecule has 13 amide bonds. The van der Waals surface area contributed by atoms with Crippen molar-refractivity contribution in [1.29, 1.82) is 0 Å². The number of unbranched alkanes of at least 4 members (excludes halogenated alkanes) is 2. The van der Waals surface area contributed by atoms with Gasteiger partial charge in [0.1, 0.15) is 48.3 Å². The number of benzene rings is 3. The van der Waals surface area contributed by atoms with Gasteiger partial charge in [0.25, 0.3) is 0 Å². The highest BCUT2D eigenvalue weighted by Gasteiger charge is 2.45. The largest absolute Gasteiger partial charge is 0.469 e. The maximum Gasteiger partial charge on any atom is 0.469 e. The topological polar surface area (TPSA) is 447 Å². The predicted molar refractivity (Wildman–Crippen MR) is 353 cm³/mol. The summed E-state index contributed by atoms with van der Waals surface area (Å²) in [4.78, 5) is 181. The Bertz CT molecular complexity index is 3330. The summed E-state index contributed by atoms with van der Waals surface area (Å²) < 4.78 is 17.4. The zero-order valence-electron chi connectivity index (χ0n) is 54.7. The third-order valence-electron chi connectivity index (χ3n) is 16.8. The summed E-state index contributed by atoms with van der Waals surface area (Å²) in [5.74, 6) is -7.77. The number of fused-ring (bicyclic) bond motifs is 2. The van der Waals surface area contributed by atoms with Crippen molar-refractivity contribution in [3.05, 3.63) is 83.4 Å². The first-order valence-electron chi connectivity index (χ1n) is 32.0. The zero-order valence-corrected chi connectivity index (χ0v) is 56.4. The molecule has 95 heavy (non-hydrogen) atoms. The number of hydrogen-bond acceptors (Lipinski definition) is 15. The monoisotopic (exact) mass is 1360 g/mol. The molecule has 3 saturated heterocycles. The molecule has 0 aliphatic carbocycles. The van der Waals surface area contributed by atoms with E-state index in [1.54, 1.807) is 24.3 Å². The van der Waals surface area contributed by atoms with E-state index in [1.165, 1.54) is 20.8 Å². The first-order chi connectivity index (χ1) is 44.8. The van der Waals surface area contributed by atoms with Crippen LogP contribution >= 0.6 is 19.6 Å². The van der Waals surface area contributed by atoms with E-state index in [9.17, 15) is 71.9 Å². The minimum atomic E-state index is -5.41. The summed E-state index contributed by atoms with van der Waals surface area (Å²) in [6.45, 7) is 11.2. The van der Waals surface area contributed by atoms with E-state index in [1.807, 2.05) is 75.0 Å². The van der Waals surface area contributed by atoms with Gasteiger partial charge in [-0.05, 0) is 105 Å². The standard InChI is InChI=1S/C64H92N13O16PS/c1-35(69-58(84)45(70-38(4)78)17-12-13-29-67-52(80)20-11-10-19-50-54-48(34-95-50)74-63(89)76-54)56(82)68-36(2)57(83)72-46(32-39-22-25-43(26-23-39)64(5,6)7)60(86)75-53(37(3)93-94(90,91)92)62(88)77-30-14-18-49(77)61(87)73-47(59(85)71-44(55(66)81)27-28-51(65)79)33-40-21-24-41-15-8-9-16-42(41)31-40/h8-9,15-16,21-26,31,35-37,44-50,53-54H,10-14,17-20,27-30,32-34H2,1-7H3,(H2,65,79)(H2,66,81)(H,67,80)(H,68,82)(H,69,84)(H,70,78)(H,71,85)(H,72,83)(H,73,87)(H,75,86)(H2,74,76,89)(H2,90,91,92)/t35-,36-,37+,44-,45-,46-,47-,48-,49-,50-,53-,54-/m0/s1. The minimum Gasteiger partial charge on any atom is -0.370 e. The second-order valence-electron chi connectivity index (χ2n) is 25.5. The van der Waals surface area contributed by atoms with Crippen molar-refractivity contribution in [1.82, 2.24) is 58.1 Å². The fourth-order valence-electron chi connectivity index (χ4n) is 11.6. The Morgan fingerprint density at radius 3 is 1.96 bits per heavy atom. The lowest BCUT2D eigenvalue weighted by molar-refractivity contribution is -0.144. The number of phosphoric acid groups is 1. The van der Waals surface area contributed by atoms with Gasteiger partial charge in [0.2, 0.25) is 65.0 Å². The average molecular weight is 1360 g/mol. The molecule has 29 nitrogen and oxygen atoms in total. The number of amides is 13. The van der Waals surface area contributed by atoms with Crippen molar-refractivity contribution < 1.29 is 76.4 Å². The molecule has 31 heteroatoms. The van der Waals surface area contributed by atoms with Gasteiger partial charge in [-0.2, -0.15) is 11.8 Å². The Hall–Kier alpha value is -8.18. The minimum absolute atomic E-state index is 0.0122. The molecule has 3 heterocycles. The Labute approximate surface area is 556 Å². The second-order valence-corrected chi connectivity index (χ2v) is 28.0. The summed E-state index contributed by atoms with van der Waals surface area (Å²) in [6, 6.07) is 8.52. The van der Waals surface area contributed by atoms with Crippen molar-refractivity contribution in [2.75, 3.05) is 18.8 Å². The Morgan fingerprint density at radius 2 is 1.31 bits per heavy atom. The number of hydrogen-bond donors (Lipinski definition) is 14. The third-order valence-corrected chi connectivity index (χ3v) is 18.9. The molecular weight excluding hydrogens is 1270 g/mol. The number of nitrogens with one attached hydrogen (secondary N) is 10. The van der Waals surface area contributed by atoms with Crippen LogP contribution in [0.4, 0.5) is 4.79 Å². The lowest BCUT2D eigenvalue weighted by Crippen LogP contribution is -2.62. The normalized spacial score (nSPS) is 19.3. The highest BCUT2D eigenvalue weighted by molar-refractivity contribution is 8.00. The predicted octanol–water partition coefficient (Wildman–Crippen LogP) is 0.628. The van der Waals surface area contributed by atoms with Gasteiger partial charge in [-0.15, -0.1) is 0 Å². The number of nitrogens with two attached hydrogens (primary N) is 2. The average Bonchev–Trinajstić information content (AvgIpc) is 1.76. The Morgan fingerprint density at radius 1 is 0.695 bits per heavy atom. The van der Waals surface area contributed by atoms with Crippen molar-refractivity contribution in [3.63, 3.8) is 0 Å². The van der Waals surface area contributed by atoms with E-state index < -0.39 is 121 Å². The van der Waals surface area contributed by atoms with Crippen LogP contribution in [-0.2, 0) is 80.1 Å². The van der Waals surface area contributed by atoms with Crippen LogP contribution in [0.1, 0.15) is 136 Å². The molecule has 3 aliphatic heterocycles. The fourth-order valence-corrected chi connectivity index (χ4v) is 13.7. The number of carbonyl (C=O) groups is 12. The van der Waals surface area contributed by atoms with Crippen molar-refractivity contribution in [3.8, 4) is 0 Å². The van der Waals surface area contributed by atoms with Crippen LogP contribution in [0.15, 0.2) is 66.7 Å². The van der Waals surface area contributed by atoms with Gasteiger partial charge in [0, 0.05) is 56.7 Å². The van der Waals surface area contributed by atoms with Crippen LogP contribution in [0.25, 0.3) is 10.8 Å². The van der Waals surface area contributed by atoms with Gasteiger partial charge < -0.3 is 79.3 Å². The molecule has 6 rings (SSSR count). The molecule has 3 aromatic rings. The van der Waals surface area contributed by atoms with Gasteiger partial charge >= 0.3 is 13.9 Å². The molecule has 0 bridgehead atoms. The molecule has 3 aliphatic rings. The van der Waals surface area contributed by atoms with Crippen LogP contribution in [0.3, 0.4) is 0 Å². The van der Waals surface area contributed by atoms with Crippen LogP contribution < -0.4 is 64.6 Å². The van der Waals surface area contributed by atoms with Crippen molar-refractivity contribution >= 4 is 101 Å². The smallest absolute Gasteiger partial charge is 0.370 e. The number of thioether (sulfide) groups is 1. The first kappa shape index (κ1) is 75.8. The summed E-state index contributed by atoms with van der Waals surface area (Å²) in [6.07, 6.45) is 1.25. The molecule has 0 spiro atoms. The van der Waals surface area contributed by atoms with Crippen LogP contribution in [0, 0.1) is 0 Å². The van der Waals surface area contributed by atoms with E-state index in [0.717, 1.165) is 46.8 Å². The third kappa shape index (κ3) is 23.6. The number of nitrogens with zero attached hydrogens (tertiary/aromatic N) is 1. The molecule has 520 valence electrons. The maximum absolute atomic E-state index is 14.9. The van der Waals surface area contributed by atoms with E-state index in [0.29, 0.717) is 48.6 Å². The number of rotatable bonds is 35. The van der Waals surface area contributed by atoms with E-state index in [-0.39, 0.29) is 80.9 Å². The van der Waals surface area contributed by atoms with Crippen LogP contribution in [-0.4, -0.2) is 176 Å². The number of likely N-dealkylation sites (tertiary alicyclic amines) is 1. The van der Waals surface area contributed by atoms with E-state index >= 15 is 0 Å².